The van der Waals surface area contributed by atoms with Crippen molar-refractivity contribution in [3.63, 3.8) is 0 Å². The summed E-state index contributed by atoms with van der Waals surface area (Å²) in [7, 11) is 0. The molecule has 0 unspecified atom stereocenters. The summed E-state index contributed by atoms with van der Waals surface area (Å²) in [6.07, 6.45) is 0.890. The summed E-state index contributed by atoms with van der Waals surface area (Å²) < 4.78 is 17.9. The third-order valence-corrected chi connectivity index (χ3v) is 1.55. The molecule has 14 heavy (non-hydrogen) atoms. The van der Waals surface area contributed by atoms with Gasteiger partial charge in [-0.2, -0.15) is 0 Å². The first-order valence-electron chi connectivity index (χ1n) is 4.02. The molecule has 76 valence electrons. The highest BCUT2D eigenvalue weighted by Crippen LogP contribution is 2.12. The fourth-order valence-electron chi connectivity index (χ4n) is 0.835. The van der Waals surface area contributed by atoms with Crippen LogP contribution < -0.4 is 0 Å². The normalized spacial score (nSPS) is 10.4. The maximum Gasteiger partial charge on any atom is 0.360 e. The molecule has 0 N–H and O–H groups in total. The van der Waals surface area contributed by atoms with E-state index in [0.29, 0.717) is 0 Å². The number of rotatable bonds is 2. The lowest BCUT2D eigenvalue weighted by Gasteiger charge is -2.07. The van der Waals surface area contributed by atoms with Gasteiger partial charge in [-0.05, 0) is 19.9 Å². The second-order valence-electron chi connectivity index (χ2n) is 2.94. The maximum absolute atomic E-state index is 13.1. The van der Waals surface area contributed by atoms with E-state index >= 15 is 0 Å². The van der Waals surface area contributed by atoms with Crippen LogP contribution in [0, 0.1) is 5.82 Å². The Morgan fingerprint density at radius 1 is 1.64 bits per heavy atom. The summed E-state index contributed by atoms with van der Waals surface area (Å²) in [6.45, 7) is 3.34. The minimum atomic E-state index is -0.783. The molecule has 0 radical (unpaired) electrons. The van der Waals surface area contributed by atoms with Crippen LogP contribution in [-0.4, -0.2) is 17.1 Å². The van der Waals surface area contributed by atoms with Crippen molar-refractivity contribution in [3.05, 3.63) is 28.8 Å². The molecule has 5 heteroatoms. The Bertz CT molecular complexity index is 355. The number of carbonyl (C=O) groups excluding carboxylic acids is 1. The molecule has 0 atom stereocenters. The van der Waals surface area contributed by atoms with Crippen LogP contribution in [-0.2, 0) is 4.74 Å². The van der Waals surface area contributed by atoms with Crippen molar-refractivity contribution in [1.29, 1.82) is 0 Å². The molecule has 1 rings (SSSR count). The summed E-state index contributed by atoms with van der Waals surface area (Å²) >= 11 is 5.47. The Balaban J connectivity index is 2.90. The largest absolute Gasteiger partial charge is 0.458 e. The number of esters is 1. The molecule has 0 aromatic carbocycles. The molecule has 0 aliphatic carbocycles. The Morgan fingerprint density at radius 2 is 2.29 bits per heavy atom. The second-order valence-corrected chi connectivity index (χ2v) is 3.37. The minimum Gasteiger partial charge on any atom is -0.458 e. The SMILES string of the molecule is CC(C)OC(=O)c1ncc(Cl)cc1F. The van der Waals surface area contributed by atoms with Gasteiger partial charge < -0.3 is 4.74 Å². The van der Waals surface area contributed by atoms with E-state index in [0.717, 1.165) is 6.07 Å². The lowest BCUT2D eigenvalue weighted by Crippen LogP contribution is -2.14. The molecule has 0 amide bonds. The van der Waals surface area contributed by atoms with E-state index in [9.17, 15) is 9.18 Å². The summed E-state index contributed by atoms with van der Waals surface area (Å²) in [5.41, 5.74) is -0.344. The van der Waals surface area contributed by atoms with Crippen molar-refractivity contribution < 1.29 is 13.9 Å². The van der Waals surface area contributed by atoms with Gasteiger partial charge in [-0.3, -0.25) is 0 Å². The lowest BCUT2D eigenvalue weighted by atomic mass is 10.3. The summed E-state index contributed by atoms with van der Waals surface area (Å²) in [5, 5.41) is 0.142. The van der Waals surface area contributed by atoms with Crippen molar-refractivity contribution >= 4 is 17.6 Å². The third kappa shape index (κ3) is 2.67. The van der Waals surface area contributed by atoms with E-state index in [1.54, 1.807) is 13.8 Å². The molecule has 0 saturated carbocycles. The average molecular weight is 218 g/mol. The number of hydrogen-bond donors (Lipinski definition) is 0. The number of carbonyl (C=O) groups is 1. The van der Waals surface area contributed by atoms with Gasteiger partial charge in [0.1, 0.15) is 0 Å². The van der Waals surface area contributed by atoms with Crippen molar-refractivity contribution in [2.45, 2.75) is 20.0 Å². The highest BCUT2D eigenvalue weighted by Gasteiger charge is 2.16. The Labute approximate surface area is 85.9 Å². The van der Waals surface area contributed by atoms with Crippen molar-refractivity contribution in [1.82, 2.24) is 4.98 Å². The number of ether oxygens (including phenoxy) is 1. The van der Waals surface area contributed by atoms with Crippen LogP contribution in [0.15, 0.2) is 12.3 Å². The zero-order valence-corrected chi connectivity index (χ0v) is 8.51. The predicted octanol–water partition coefficient (Wildman–Crippen LogP) is 2.44. The molecule has 1 aromatic heterocycles. The molecular weight excluding hydrogens is 209 g/mol. The second kappa shape index (κ2) is 4.37. The molecular formula is C9H9ClFNO2. The van der Waals surface area contributed by atoms with Gasteiger partial charge >= 0.3 is 5.97 Å². The summed E-state index contributed by atoms with van der Waals surface area (Å²) in [6, 6.07) is 1.02. The van der Waals surface area contributed by atoms with Gasteiger partial charge in [-0.25, -0.2) is 14.2 Å². The standard InChI is InChI=1S/C9H9ClFNO2/c1-5(2)14-9(13)8-7(11)3-6(10)4-12-8/h3-5H,1-2H3. The molecule has 3 nitrogen and oxygen atoms in total. The van der Waals surface area contributed by atoms with Gasteiger partial charge in [0.05, 0.1) is 11.1 Å². The Morgan fingerprint density at radius 3 is 2.79 bits per heavy atom. The molecule has 0 aliphatic heterocycles. The van der Waals surface area contributed by atoms with Crippen LogP contribution in [0.1, 0.15) is 24.3 Å². The lowest BCUT2D eigenvalue weighted by molar-refractivity contribution is 0.0365. The monoisotopic (exact) mass is 217 g/mol. The van der Waals surface area contributed by atoms with Crippen molar-refractivity contribution in [3.8, 4) is 0 Å². The van der Waals surface area contributed by atoms with E-state index in [1.165, 1.54) is 6.20 Å². The first-order valence-corrected chi connectivity index (χ1v) is 4.40. The van der Waals surface area contributed by atoms with Gasteiger partial charge in [-0.1, -0.05) is 11.6 Å². The summed E-state index contributed by atoms with van der Waals surface area (Å²) in [5.74, 6) is -1.56. The van der Waals surface area contributed by atoms with Gasteiger partial charge in [0.2, 0.25) is 0 Å². The number of hydrogen-bond acceptors (Lipinski definition) is 3. The van der Waals surface area contributed by atoms with E-state index in [2.05, 4.69) is 4.98 Å². The van der Waals surface area contributed by atoms with E-state index in [4.69, 9.17) is 16.3 Å². The van der Waals surface area contributed by atoms with Crippen molar-refractivity contribution in [2.24, 2.45) is 0 Å². The number of aromatic nitrogens is 1. The number of nitrogens with zero attached hydrogens (tertiary/aromatic N) is 1. The van der Waals surface area contributed by atoms with Crippen LogP contribution >= 0.6 is 11.6 Å². The van der Waals surface area contributed by atoms with Crippen LogP contribution in [0.5, 0.6) is 0 Å². The fraction of sp³-hybridized carbons (Fsp3) is 0.333. The zero-order valence-electron chi connectivity index (χ0n) is 7.75. The highest BCUT2D eigenvalue weighted by molar-refractivity contribution is 6.30. The maximum atomic E-state index is 13.1. The molecule has 0 saturated heterocycles. The molecule has 0 spiro atoms. The smallest absolute Gasteiger partial charge is 0.360 e. The minimum absolute atomic E-state index is 0.142. The van der Waals surface area contributed by atoms with E-state index in [-0.39, 0.29) is 16.8 Å². The molecule has 0 aliphatic rings. The Hall–Kier alpha value is -1.16. The van der Waals surface area contributed by atoms with Crippen LogP contribution in [0.2, 0.25) is 5.02 Å². The summed E-state index contributed by atoms with van der Waals surface area (Å²) in [4.78, 5) is 14.8. The van der Waals surface area contributed by atoms with Gasteiger partial charge in [0.15, 0.2) is 11.5 Å². The Kier molecular flexibility index (Phi) is 3.41. The first kappa shape index (κ1) is 10.9. The first-order chi connectivity index (χ1) is 6.50. The van der Waals surface area contributed by atoms with Crippen LogP contribution in [0.25, 0.3) is 0 Å². The van der Waals surface area contributed by atoms with Gasteiger partial charge in [-0.15, -0.1) is 0 Å². The third-order valence-electron chi connectivity index (χ3n) is 1.34. The van der Waals surface area contributed by atoms with Crippen molar-refractivity contribution in [2.75, 3.05) is 0 Å². The van der Waals surface area contributed by atoms with Gasteiger partial charge in [0.25, 0.3) is 0 Å². The topological polar surface area (TPSA) is 39.2 Å². The molecule has 1 heterocycles. The van der Waals surface area contributed by atoms with E-state index in [1.807, 2.05) is 0 Å². The quantitative estimate of drug-likeness (QED) is 0.715. The number of halogens is 2. The molecule has 0 fully saturated rings. The average Bonchev–Trinajstić information content (AvgIpc) is 2.01. The predicted molar refractivity (Wildman–Crippen MR) is 49.8 cm³/mol. The van der Waals surface area contributed by atoms with Crippen LogP contribution in [0.4, 0.5) is 4.39 Å². The fourth-order valence-corrected chi connectivity index (χ4v) is 0.979. The molecule has 0 bridgehead atoms. The van der Waals surface area contributed by atoms with E-state index < -0.39 is 11.8 Å². The highest BCUT2D eigenvalue weighted by atomic mass is 35.5. The zero-order chi connectivity index (χ0) is 10.7. The van der Waals surface area contributed by atoms with Crippen LogP contribution in [0.3, 0.4) is 0 Å². The number of pyridine rings is 1. The van der Waals surface area contributed by atoms with Gasteiger partial charge in [0, 0.05) is 6.20 Å². The molecule has 1 aromatic rings.